The molecule has 0 amide bonds. The first kappa shape index (κ1) is 21.4. The van der Waals surface area contributed by atoms with E-state index < -0.39 is 0 Å². The summed E-state index contributed by atoms with van der Waals surface area (Å²) in [5.41, 5.74) is 9.16. The van der Waals surface area contributed by atoms with Crippen LogP contribution in [0.3, 0.4) is 0 Å². The molecule has 159 valence electrons. The second-order valence-corrected chi connectivity index (χ2v) is 8.62. The molecule has 33 heavy (non-hydrogen) atoms. The molecule has 0 saturated heterocycles. The molecule has 0 spiro atoms. The van der Waals surface area contributed by atoms with Gasteiger partial charge in [0.2, 0.25) is 0 Å². The minimum absolute atomic E-state index is 0.350. The van der Waals surface area contributed by atoms with E-state index in [0.29, 0.717) is 5.75 Å². The Balaban J connectivity index is 0.000000215. The van der Waals surface area contributed by atoms with Gasteiger partial charge in [0.05, 0.1) is 22.8 Å². The predicted octanol–water partition coefficient (Wildman–Crippen LogP) is 6.09. The van der Waals surface area contributed by atoms with E-state index in [4.69, 9.17) is 5.11 Å². The van der Waals surface area contributed by atoms with Crippen LogP contribution in [0.15, 0.2) is 72.8 Å². The van der Waals surface area contributed by atoms with Gasteiger partial charge >= 0.3 is 69.5 Å². The van der Waals surface area contributed by atoms with Gasteiger partial charge in [0.1, 0.15) is 0 Å². The fourth-order valence-electron chi connectivity index (χ4n) is 3.56. The first-order chi connectivity index (χ1) is 16.1. The monoisotopic (exact) mass is 507 g/mol. The number of aromatic nitrogens is 4. The molecule has 2 aliphatic rings. The standard InChI is InChI=1S/C20H14N4.C7H7O.Zr/c1-2-14-10-16-5-6-18(23-16)12-20-8-7-19(24-20)11-17-4-3-15(22-17)9-13(1)21-14;1-6-2-4-7(8)5-3-6;/h1-12,21,24H;2-5,8H,1H2;. The third-order valence-electron chi connectivity index (χ3n) is 5.18. The Morgan fingerprint density at radius 2 is 0.939 bits per heavy atom. The quantitative estimate of drug-likeness (QED) is 0.251. The van der Waals surface area contributed by atoms with Crippen molar-refractivity contribution in [2.75, 3.05) is 0 Å². The van der Waals surface area contributed by atoms with E-state index in [0.717, 1.165) is 49.0 Å². The topological polar surface area (TPSA) is 77.6 Å². The van der Waals surface area contributed by atoms with Gasteiger partial charge in [-0.15, -0.1) is 0 Å². The van der Waals surface area contributed by atoms with Gasteiger partial charge in [-0.1, -0.05) is 0 Å². The summed E-state index contributed by atoms with van der Waals surface area (Å²) in [4.78, 5) is 16.0. The Morgan fingerprint density at radius 3 is 1.27 bits per heavy atom. The summed E-state index contributed by atoms with van der Waals surface area (Å²) >= 11 is 1.51. The third-order valence-corrected chi connectivity index (χ3v) is 6.19. The van der Waals surface area contributed by atoms with E-state index in [1.165, 1.54) is 30.3 Å². The maximum atomic E-state index is 8.86. The van der Waals surface area contributed by atoms with Crippen LogP contribution in [0, 0.1) is 0 Å². The number of phenolic OH excluding ortho intramolecular Hbond substituents is 1. The summed E-state index contributed by atoms with van der Waals surface area (Å²) in [5.74, 6) is 0.350. The molecule has 6 rings (SSSR count). The van der Waals surface area contributed by atoms with Crippen molar-refractivity contribution in [2.45, 2.75) is 4.13 Å². The SMILES string of the molecule is C1=Cc2cc3ccc(cc4nc(cc5ccc(cc1n2)[nH]5)C=C4)[nH]3.Oc1ccc([CH2][Zr])cc1. The van der Waals surface area contributed by atoms with Crippen molar-refractivity contribution < 1.29 is 29.8 Å². The molecule has 6 heteroatoms. The summed E-state index contributed by atoms with van der Waals surface area (Å²) < 4.78 is 1.12. The van der Waals surface area contributed by atoms with Crippen molar-refractivity contribution in [3.63, 3.8) is 0 Å². The number of aromatic hydroxyl groups is 1. The normalized spacial score (nSPS) is 11.7. The van der Waals surface area contributed by atoms with Gasteiger partial charge in [0, 0.05) is 22.1 Å². The van der Waals surface area contributed by atoms with Gasteiger partial charge in [-0.25, -0.2) is 9.97 Å². The molecule has 0 aliphatic carbocycles. The zero-order valence-corrected chi connectivity index (χ0v) is 20.2. The summed E-state index contributed by atoms with van der Waals surface area (Å²) in [7, 11) is 0. The van der Waals surface area contributed by atoms with E-state index in [9.17, 15) is 0 Å². The molecule has 0 atom stereocenters. The van der Waals surface area contributed by atoms with Crippen LogP contribution in [0.1, 0.15) is 28.3 Å². The van der Waals surface area contributed by atoms with Crippen molar-refractivity contribution >= 4 is 46.4 Å². The molecule has 5 heterocycles. The van der Waals surface area contributed by atoms with Crippen LogP contribution < -0.4 is 0 Å². The van der Waals surface area contributed by atoms with Crippen LogP contribution >= 0.6 is 0 Å². The molecular weight excluding hydrogens is 488 g/mol. The first-order valence-corrected chi connectivity index (χ1v) is 12.3. The van der Waals surface area contributed by atoms with E-state index in [-0.39, 0.29) is 0 Å². The molecule has 8 bridgehead atoms. The van der Waals surface area contributed by atoms with E-state index >= 15 is 0 Å². The van der Waals surface area contributed by atoms with Crippen LogP contribution in [-0.4, -0.2) is 25.0 Å². The third kappa shape index (κ3) is 5.47. The molecule has 0 unspecified atom stereocenters. The van der Waals surface area contributed by atoms with Crippen LogP contribution in [-0.2, 0) is 28.8 Å². The average Bonchev–Trinajstić information content (AvgIpc) is 3.61. The van der Waals surface area contributed by atoms with Crippen LogP contribution in [0.4, 0.5) is 0 Å². The molecule has 5 nitrogen and oxygen atoms in total. The van der Waals surface area contributed by atoms with Gasteiger partial charge in [-0.05, 0) is 72.8 Å². The second kappa shape index (κ2) is 9.55. The van der Waals surface area contributed by atoms with E-state index in [1.807, 2.05) is 60.7 Å². The molecule has 2 aliphatic heterocycles. The average molecular weight is 509 g/mol. The van der Waals surface area contributed by atoms with Crippen molar-refractivity contribution in [3.8, 4) is 5.75 Å². The number of nitrogens with zero attached hydrogens (tertiary/aromatic N) is 2. The predicted molar refractivity (Wildman–Crippen MR) is 131 cm³/mol. The molecule has 0 fully saturated rings. The molecule has 3 N–H and O–H groups in total. The van der Waals surface area contributed by atoms with Crippen LogP contribution in [0.5, 0.6) is 5.75 Å². The maximum absolute atomic E-state index is 8.86. The van der Waals surface area contributed by atoms with Crippen molar-refractivity contribution in [1.82, 2.24) is 19.9 Å². The van der Waals surface area contributed by atoms with Gasteiger partial charge < -0.3 is 9.97 Å². The summed E-state index contributed by atoms with van der Waals surface area (Å²) in [6, 6.07) is 23.7. The fourth-order valence-corrected chi connectivity index (χ4v) is 4.14. The zero-order chi connectivity index (χ0) is 22.6. The number of hydrogen-bond donors (Lipinski definition) is 3. The number of phenols is 1. The van der Waals surface area contributed by atoms with Gasteiger partial charge in [-0.2, -0.15) is 0 Å². The minimum atomic E-state index is 0.350. The first-order valence-electron chi connectivity index (χ1n) is 10.6. The summed E-state index contributed by atoms with van der Waals surface area (Å²) in [6.07, 6.45) is 8.09. The van der Waals surface area contributed by atoms with Crippen LogP contribution in [0.2, 0.25) is 0 Å². The second-order valence-electron chi connectivity index (χ2n) is 7.75. The Morgan fingerprint density at radius 1 is 0.576 bits per heavy atom. The van der Waals surface area contributed by atoms with E-state index in [2.05, 4.69) is 44.2 Å². The fraction of sp³-hybridized carbons (Fsp3) is 0.0370. The van der Waals surface area contributed by atoms with Gasteiger partial charge in [0.15, 0.2) is 0 Å². The van der Waals surface area contributed by atoms with E-state index in [1.54, 1.807) is 12.1 Å². The number of aromatic amines is 2. The Labute approximate surface area is 206 Å². The number of hydrogen-bond acceptors (Lipinski definition) is 3. The summed E-state index contributed by atoms with van der Waals surface area (Å²) in [5, 5.41) is 8.86. The number of rotatable bonds is 1. The Kier molecular flexibility index (Phi) is 6.18. The molecule has 0 saturated carbocycles. The number of benzene rings is 1. The Hall–Kier alpha value is -3.50. The molecule has 3 aromatic heterocycles. The number of H-pyrrole nitrogens is 2. The molecular formula is C27H21N4OZr. The van der Waals surface area contributed by atoms with Crippen LogP contribution in [0.25, 0.3) is 46.4 Å². The number of nitrogens with one attached hydrogen (secondary N) is 2. The molecule has 4 aromatic rings. The number of fused-ring (bicyclic) bond motifs is 8. The Bertz CT molecular complexity index is 1340. The van der Waals surface area contributed by atoms with Crippen molar-refractivity contribution in [3.05, 3.63) is 101 Å². The molecule has 1 aromatic carbocycles. The van der Waals surface area contributed by atoms with Crippen molar-refractivity contribution in [1.29, 1.82) is 0 Å². The van der Waals surface area contributed by atoms with Gasteiger partial charge in [0.25, 0.3) is 0 Å². The van der Waals surface area contributed by atoms with Crippen molar-refractivity contribution in [2.24, 2.45) is 0 Å². The zero-order valence-electron chi connectivity index (χ0n) is 17.8. The van der Waals surface area contributed by atoms with Gasteiger partial charge in [-0.3, -0.25) is 0 Å². The summed E-state index contributed by atoms with van der Waals surface area (Å²) in [6.45, 7) is 0. The molecule has 0 radical (unpaired) electrons.